The Morgan fingerprint density at radius 2 is 1.54 bits per heavy atom. The van der Waals surface area contributed by atoms with Gasteiger partial charge in [0.15, 0.2) is 0 Å². The third kappa shape index (κ3) is 4.40. The zero-order valence-corrected chi connectivity index (χ0v) is 13.2. The number of rotatable bonds is 7. The van der Waals surface area contributed by atoms with Crippen molar-refractivity contribution in [2.45, 2.75) is 17.4 Å². The Morgan fingerprint density at radius 3 is 2.04 bits per heavy atom. The molecule has 0 radical (unpaired) electrons. The Hall–Kier alpha value is -2.71. The number of sulfonamides is 1. The molecule has 0 aliphatic carbocycles. The van der Waals surface area contributed by atoms with Crippen LogP contribution in [0.1, 0.15) is 15.9 Å². The van der Waals surface area contributed by atoms with Gasteiger partial charge in [-0.25, -0.2) is 13.2 Å². The van der Waals surface area contributed by atoms with E-state index in [1.165, 1.54) is 0 Å². The zero-order valence-electron chi connectivity index (χ0n) is 12.4. The average Bonchev–Trinajstić information content (AvgIpc) is 2.55. The van der Waals surface area contributed by atoms with Crippen molar-refractivity contribution in [2.24, 2.45) is 0 Å². The van der Waals surface area contributed by atoms with Crippen LogP contribution in [0, 0.1) is 0 Å². The van der Waals surface area contributed by atoms with E-state index in [1.807, 2.05) is 0 Å². The molecule has 2 rings (SSSR count). The standard InChI is InChI=1S/C16H15NO6S/c18-15(19)12-6-8-13(9-7-12)24(22,23)17-14(16(20)21)10-11-4-2-1-3-5-11/h1-9,14,17H,10H2,(H,18,19)(H,20,21)/t14-/m1/s1. The van der Waals surface area contributed by atoms with Gasteiger partial charge in [0, 0.05) is 0 Å². The minimum Gasteiger partial charge on any atom is -0.480 e. The van der Waals surface area contributed by atoms with Crippen molar-refractivity contribution in [3.8, 4) is 0 Å². The van der Waals surface area contributed by atoms with Crippen LogP contribution in [-0.2, 0) is 21.2 Å². The molecule has 0 unspecified atom stereocenters. The minimum atomic E-state index is -4.09. The summed E-state index contributed by atoms with van der Waals surface area (Å²) in [6.45, 7) is 0. The van der Waals surface area contributed by atoms with Gasteiger partial charge in [-0.05, 0) is 36.2 Å². The molecule has 0 fully saturated rings. The van der Waals surface area contributed by atoms with E-state index in [9.17, 15) is 23.1 Å². The number of carbonyl (C=O) groups is 2. The first kappa shape index (κ1) is 17.6. The number of hydrogen-bond donors (Lipinski definition) is 3. The van der Waals surface area contributed by atoms with Gasteiger partial charge in [-0.1, -0.05) is 30.3 Å². The molecule has 0 bridgehead atoms. The highest BCUT2D eigenvalue weighted by Gasteiger charge is 2.25. The highest BCUT2D eigenvalue weighted by molar-refractivity contribution is 7.89. The predicted octanol–water partition coefficient (Wildman–Crippen LogP) is 1.36. The summed E-state index contributed by atoms with van der Waals surface area (Å²) in [4.78, 5) is 21.9. The molecule has 126 valence electrons. The molecule has 0 spiro atoms. The summed E-state index contributed by atoms with van der Waals surface area (Å²) in [6.07, 6.45) is -0.0113. The molecule has 0 aromatic heterocycles. The second kappa shape index (κ2) is 7.24. The molecule has 2 aromatic rings. The number of aliphatic carboxylic acids is 1. The SMILES string of the molecule is O=C(O)c1ccc(S(=O)(=O)N[C@H](Cc2ccccc2)C(=O)O)cc1. The Labute approximate surface area is 138 Å². The fourth-order valence-electron chi connectivity index (χ4n) is 2.06. The summed E-state index contributed by atoms with van der Waals surface area (Å²) in [6, 6.07) is 11.8. The topological polar surface area (TPSA) is 121 Å². The van der Waals surface area contributed by atoms with Crippen molar-refractivity contribution in [3.05, 3.63) is 65.7 Å². The third-order valence-electron chi connectivity index (χ3n) is 3.29. The van der Waals surface area contributed by atoms with Crippen molar-refractivity contribution < 1.29 is 28.2 Å². The zero-order chi connectivity index (χ0) is 17.7. The number of benzene rings is 2. The molecule has 0 amide bonds. The van der Waals surface area contributed by atoms with E-state index in [-0.39, 0.29) is 16.9 Å². The first-order chi connectivity index (χ1) is 11.3. The highest BCUT2D eigenvalue weighted by atomic mass is 32.2. The third-order valence-corrected chi connectivity index (χ3v) is 4.78. The summed E-state index contributed by atoms with van der Waals surface area (Å²) in [7, 11) is -4.09. The van der Waals surface area contributed by atoms with Gasteiger partial charge in [-0.3, -0.25) is 4.79 Å². The van der Waals surface area contributed by atoms with Crippen LogP contribution >= 0.6 is 0 Å². The van der Waals surface area contributed by atoms with Crippen LogP contribution in [0.15, 0.2) is 59.5 Å². The lowest BCUT2D eigenvalue weighted by Crippen LogP contribution is -2.42. The minimum absolute atomic E-state index is 0.0113. The Balaban J connectivity index is 2.21. The first-order valence-electron chi connectivity index (χ1n) is 6.92. The lowest BCUT2D eigenvalue weighted by molar-refractivity contribution is -0.138. The molecule has 0 aliphatic heterocycles. The van der Waals surface area contributed by atoms with Crippen molar-refractivity contribution in [1.29, 1.82) is 0 Å². The summed E-state index contributed by atoms with van der Waals surface area (Å²) >= 11 is 0. The molecule has 8 heteroatoms. The second-order valence-corrected chi connectivity index (χ2v) is 6.75. The maximum Gasteiger partial charge on any atom is 0.335 e. The summed E-state index contributed by atoms with van der Waals surface area (Å²) < 4.78 is 26.7. The maximum absolute atomic E-state index is 12.3. The summed E-state index contributed by atoms with van der Waals surface area (Å²) in [5.74, 6) is -2.48. The average molecular weight is 349 g/mol. The smallest absolute Gasteiger partial charge is 0.335 e. The molecule has 0 saturated heterocycles. The van der Waals surface area contributed by atoms with Gasteiger partial charge >= 0.3 is 11.9 Å². The maximum atomic E-state index is 12.3. The van der Waals surface area contributed by atoms with E-state index < -0.39 is 28.0 Å². The normalized spacial score (nSPS) is 12.5. The van der Waals surface area contributed by atoms with Gasteiger partial charge in [0.25, 0.3) is 0 Å². The van der Waals surface area contributed by atoms with Gasteiger partial charge in [0.05, 0.1) is 10.5 Å². The lowest BCUT2D eigenvalue weighted by Gasteiger charge is -2.15. The molecular formula is C16H15NO6S. The van der Waals surface area contributed by atoms with Crippen molar-refractivity contribution in [2.75, 3.05) is 0 Å². The van der Waals surface area contributed by atoms with Gasteiger partial charge in [-0.15, -0.1) is 0 Å². The van der Waals surface area contributed by atoms with Crippen LogP contribution in [0.3, 0.4) is 0 Å². The number of carboxylic acids is 2. The van der Waals surface area contributed by atoms with E-state index >= 15 is 0 Å². The van der Waals surface area contributed by atoms with Crippen LogP contribution < -0.4 is 4.72 Å². The van der Waals surface area contributed by atoms with Crippen molar-refractivity contribution in [1.82, 2.24) is 4.72 Å². The largest absolute Gasteiger partial charge is 0.480 e. The van der Waals surface area contributed by atoms with Crippen LogP contribution in [0.5, 0.6) is 0 Å². The molecule has 2 aromatic carbocycles. The Morgan fingerprint density at radius 1 is 0.958 bits per heavy atom. The fraction of sp³-hybridized carbons (Fsp3) is 0.125. The molecule has 3 N–H and O–H groups in total. The van der Waals surface area contributed by atoms with Crippen LogP contribution in [0.25, 0.3) is 0 Å². The van der Waals surface area contributed by atoms with Gasteiger partial charge in [-0.2, -0.15) is 4.72 Å². The van der Waals surface area contributed by atoms with E-state index in [4.69, 9.17) is 5.11 Å². The first-order valence-corrected chi connectivity index (χ1v) is 8.40. The number of nitrogens with one attached hydrogen (secondary N) is 1. The van der Waals surface area contributed by atoms with Gasteiger partial charge in [0.2, 0.25) is 10.0 Å². The monoisotopic (exact) mass is 349 g/mol. The van der Waals surface area contributed by atoms with Crippen molar-refractivity contribution >= 4 is 22.0 Å². The molecule has 0 heterocycles. The molecule has 1 atom stereocenters. The lowest BCUT2D eigenvalue weighted by atomic mass is 10.1. The molecule has 24 heavy (non-hydrogen) atoms. The fourth-order valence-corrected chi connectivity index (χ4v) is 3.25. The summed E-state index contributed by atoms with van der Waals surface area (Å²) in [5, 5.41) is 18.1. The van der Waals surface area contributed by atoms with E-state index in [0.717, 1.165) is 24.3 Å². The number of carboxylic acid groups (broad SMARTS) is 2. The van der Waals surface area contributed by atoms with Crippen LogP contribution in [0.2, 0.25) is 0 Å². The van der Waals surface area contributed by atoms with Gasteiger partial charge in [0.1, 0.15) is 6.04 Å². The summed E-state index contributed by atoms with van der Waals surface area (Å²) in [5.41, 5.74) is 0.613. The van der Waals surface area contributed by atoms with E-state index in [1.54, 1.807) is 30.3 Å². The highest BCUT2D eigenvalue weighted by Crippen LogP contribution is 2.13. The molecule has 7 nitrogen and oxygen atoms in total. The predicted molar refractivity (Wildman–Crippen MR) is 85.3 cm³/mol. The molecule has 0 saturated carbocycles. The number of hydrogen-bond acceptors (Lipinski definition) is 4. The quantitative estimate of drug-likeness (QED) is 0.694. The second-order valence-electron chi connectivity index (χ2n) is 5.03. The molecule has 0 aliphatic rings. The van der Waals surface area contributed by atoms with Gasteiger partial charge < -0.3 is 10.2 Å². The van der Waals surface area contributed by atoms with Crippen LogP contribution in [-0.4, -0.2) is 36.6 Å². The number of aromatic carboxylic acids is 1. The van der Waals surface area contributed by atoms with Crippen LogP contribution in [0.4, 0.5) is 0 Å². The van der Waals surface area contributed by atoms with Crippen molar-refractivity contribution in [3.63, 3.8) is 0 Å². The molecular weight excluding hydrogens is 334 g/mol. The van der Waals surface area contributed by atoms with E-state index in [0.29, 0.717) is 5.56 Å². The Kier molecular flexibility index (Phi) is 5.32. The van der Waals surface area contributed by atoms with E-state index in [2.05, 4.69) is 4.72 Å². The Bertz CT molecular complexity index is 831.